The zero-order chi connectivity index (χ0) is 15.6. The summed E-state index contributed by atoms with van der Waals surface area (Å²) in [5.41, 5.74) is 3.14. The van der Waals surface area contributed by atoms with Gasteiger partial charge in [0.05, 0.1) is 0 Å². The van der Waals surface area contributed by atoms with Gasteiger partial charge in [0.15, 0.2) is 0 Å². The molecule has 0 radical (unpaired) electrons. The molecule has 2 aromatic rings. The number of alkyl halides is 1. The first-order valence-electron chi connectivity index (χ1n) is 7.70. The highest BCUT2D eigenvalue weighted by Crippen LogP contribution is 2.51. The van der Waals surface area contributed by atoms with Crippen molar-refractivity contribution in [2.24, 2.45) is 0 Å². The van der Waals surface area contributed by atoms with Gasteiger partial charge < -0.3 is 5.11 Å². The van der Waals surface area contributed by atoms with E-state index in [1.165, 1.54) is 0 Å². The normalized spacial score (nSPS) is 14.4. The number of benzene rings is 2. The Labute approximate surface area is 139 Å². The second-order valence-electron chi connectivity index (χ2n) is 5.80. The lowest BCUT2D eigenvalue weighted by Crippen LogP contribution is -2.35. The molecule has 0 heterocycles. The number of hydrogen-bond donors (Lipinski definition) is 1. The summed E-state index contributed by atoms with van der Waals surface area (Å²) >= 11 is 3.44. The predicted molar refractivity (Wildman–Crippen MR) is 92.6 cm³/mol. The summed E-state index contributed by atoms with van der Waals surface area (Å²) in [4.78, 5) is 12.3. The number of aliphatic carboxylic acids is 1. The van der Waals surface area contributed by atoms with Crippen molar-refractivity contribution in [2.75, 3.05) is 5.33 Å². The lowest BCUT2D eigenvalue weighted by Gasteiger charge is -2.27. The molecule has 3 rings (SSSR count). The average molecular weight is 359 g/mol. The van der Waals surface area contributed by atoms with E-state index in [9.17, 15) is 9.90 Å². The van der Waals surface area contributed by atoms with Crippen LogP contribution in [0.25, 0.3) is 11.1 Å². The minimum atomic E-state index is -0.889. The summed E-state index contributed by atoms with van der Waals surface area (Å²) < 4.78 is 0. The SMILES string of the molecule is O=C(O)C1(CCCCCBr)c2ccccc2-c2ccccc21. The van der Waals surface area contributed by atoms with E-state index in [2.05, 4.69) is 15.9 Å². The number of carboxylic acid groups (broad SMARTS) is 1. The van der Waals surface area contributed by atoms with Crippen molar-refractivity contribution < 1.29 is 9.90 Å². The van der Waals surface area contributed by atoms with E-state index in [1.54, 1.807) is 0 Å². The summed E-state index contributed by atoms with van der Waals surface area (Å²) in [5, 5.41) is 11.1. The second kappa shape index (κ2) is 6.25. The maximum atomic E-state index is 12.3. The summed E-state index contributed by atoms with van der Waals surface area (Å²) in [7, 11) is 0. The first-order chi connectivity index (χ1) is 10.7. The van der Waals surface area contributed by atoms with Crippen molar-refractivity contribution in [3.05, 3.63) is 59.7 Å². The van der Waals surface area contributed by atoms with Crippen molar-refractivity contribution in [2.45, 2.75) is 31.1 Å². The predicted octanol–water partition coefficient (Wildman–Crippen LogP) is 4.99. The molecule has 2 nitrogen and oxygen atoms in total. The van der Waals surface area contributed by atoms with Gasteiger partial charge in [-0.3, -0.25) is 4.79 Å². The third-order valence-electron chi connectivity index (χ3n) is 4.61. The smallest absolute Gasteiger partial charge is 0.318 e. The Hall–Kier alpha value is -1.61. The van der Waals surface area contributed by atoms with Crippen LogP contribution in [0.5, 0.6) is 0 Å². The first-order valence-corrected chi connectivity index (χ1v) is 8.82. The molecule has 0 amide bonds. The number of rotatable bonds is 6. The molecule has 2 aromatic carbocycles. The molecule has 1 aliphatic carbocycles. The van der Waals surface area contributed by atoms with Crippen LogP contribution < -0.4 is 0 Å². The molecule has 22 heavy (non-hydrogen) atoms. The van der Waals surface area contributed by atoms with Gasteiger partial charge in [0.1, 0.15) is 5.41 Å². The molecule has 0 aromatic heterocycles. The van der Waals surface area contributed by atoms with E-state index in [1.807, 2.05) is 48.5 Å². The molecule has 0 aliphatic heterocycles. The van der Waals surface area contributed by atoms with E-state index in [-0.39, 0.29) is 0 Å². The molecular weight excluding hydrogens is 340 g/mol. The molecule has 114 valence electrons. The van der Waals surface area contributed by atoms with E-state index >= 15 is 0 Å². The van der Waals surface area contributed by atoms with Gasteiger partial charge in [-0.15, -0.1) is 0 Å². The Morgan fingerprint density at radius 3 is 1.95 bits per heavy atom. The van der Waals surface area contributed by atoms with Crippen LogP contribution in [0.2, 0.25) is 0 Å². The van der Waals surface area contributed by atoms with Gasteiger partial charge in [-0.25, -0.2) is 0 Å². The van der Waals surface area contributed by atoms with Crippen LogP contribution in [0.4, 0.5) is 0 Å². The minimum absolute atomic E-state index is 0.656. The highest BCUT2D eigenvalue weighted by Gasteiger charge is 2.48. The van der Waals surface area contributed by atoms with Crippen molar-refractivity contribution in [1.29, 1.82) is 0 Å². The monoisotopic (exact) mass is 358 g/mol. The number of hydrogen-bond acceptors (Lipinski definition) is 1. The summed E-state index contributed by atoms with van der Waals surface area (Å²) in [5.74, 6) is -0.733. The van der Waals surface area contributed by atoms with Gasteiger partial charge in [-0.1, -0.05) is 77.3 Å². The second-order valence-corrected chi connectivity index (χ2v) is 6.59. The van der Waals surface area contributed by atoms with E-state index in [0.29, 0.717) is 6.42 Å². The lowest BCUT2D eigenvalue weighted by atomic mass is 9.74. The fraction of sp³-hybridized carbons (Fsp3) is 0.316. The molecule has 0 saturated heterocycles. The van der Waals surface area contributed by atoms with Crippen LogP contribution in [0, 0.1) is 0 Å². The van der Waals surface area contributed by atoms with Crippen molar-refractivity contribution in [3.8, 4) is 11.1 Å². The van der Waals surface area contributed by atoms with Crippen LogP contribution >= 0.6 is 15.9 Å². The molecular formula is C19H19BrO2. The summed E-state index contributed by atoms with van der Waals surface area (Å²) in [6.07, 6.45) is 3.70. The molecule has 1 N–H and O–H groups in total. The van der Waals surface area contributed by atoms with Crippen molar-refractivity contribution in [1.82, 2.24) is 0 Å². The van der Waals surface area contributed by atoms with Crippen molar-refractivity contribution >= 4 is 21.9 Å². The largest absolute Gasteiger partial charge is 0.480 e. The van der Waals surface area contributed by atoms with Crippen LogP contribution in [0.1, 0.15) is 36.8 Å². The topological polar surface area (TPSA) is 37.3 Å². The van der Waals surface area contributed by atoms with E-state index in [0.717, 1.165) is 46.8 Å². The third-order valence-corrected chi connectivity index (χ3v) is 5.18. The minimum Gasteiger partial charge on any atom is -0.480 e. The number of carbonyl (C=O) groups is 1. The molecule has 0 saturated carbocycles. The van der Waals surface area contributed by atoms with Gasteiger partial charge in [-0.2, -0.15) is 0 Å². The molecule has 0 spiro atoms. The highest BCUT2D eigenvalue weighted by atomic mass is 79.9. The molecule has 0 unspecified atom stereocenters. The maximum Gasteiger partial charge on any atom is 0.318 e. The van der Waals surface area contributed by atoms with Crippen LogP contribution in [0.15, 0.2) is 48.5 Å². The molecule has 0 atom stereocenters. The number of fused-ring (bicyclic) bond motifs is 3. The quantitative estimate of drug-likeness (QED) is 0.583. The van der Waals surface area contributed by atoms with Gasteiger partial charge in [0, 0.05) is 5.33 Å². The number of carboxylic acids is 1. The van der Waals surface area contributed by atoms with E-state index in [4.69, 9.17) is 0 Å². The molecule has 0 fully saturated rings. The summed E-state index contributed by atoms with van der Waals surface area (Å²) in [6.45, 7) is 0. The Morgan fingerprint density at radius 1 is 0.909 bits per heavy atom. The van der Waals surface area contributed by atoms with Gasteiger partial charge >= 0.3 is 5.97 Å². The Kier molecular flexibility index (Phi) is 4.34. The zero-order valence-corrected chi connectivity index (χ0v) is 14.0. The summed E-state index contributed by atoms with van der Waals surface area (Å²) in [6, 6.07) is 15.9. The van der Waals surface area contributed by atoms with E-state index < -0.39 is 11.4 Å². The lowest BCUT2D eigenvalue weighted by molar-refractivity contribution is -0.142. The fourth-order valence-corrected chi connectivity index (χ4v) is 3.99. The molecule has 3 heteroatoms. The average Bonchev–Trinajstić information content (AvgIpc) is 2.83. The molecule has 1 aliphatic rings. The fourth-order valence-electron chi connectivity index (χ4n) is 3.59. The van der Waals surface area contributed by atoms with Crippen LogP contribution in [-0.2, 0) is 10.2 Å². The van der Waals surface area contributed by atoms with Crippen LogP contribution in [-0.4, -0.2) is 16.4 Å². The maximum absolute atomic E-state index is 12.3. The van der Waals surface area contributed by atoms with Gasteiger partial charge in [-0.05, 0) is 35.1 Å². The Balaban J connectivity index is 2.10. The first kappa shape index (κ1) is 15.3. The zero-order valence-electron chi connectivity index (χ0n) is 12.4. The highest BCUT2D eigenvalue weighted by molar-refractivity contribution is 9.09. The number of unbranched alkanes of at least 4 members (excludes halogenated alkanes) is 2. The van der Waals surface area contributed by atoms with Gasteiger partial charge in [0.2, 0.25) is 0 Å². The van der Waals surface area contributed by atoms with Gasteiger partial charge in [0.25, 0.3) is 0 Å². The standard InChI is InChI=1S/C19H19BrO2/c20-13-7-1-6-12-19(18(21)22)16-10-4-2-8-14(16)15-9-3-5-11-17(15)19/h2-5,8-11H,1,6-7,12-13H2,(H,21,22). The Morgan fingerprint density at radius 2 is 1.45 bits per heavy atom. The Bertz CT molecular complexity index is 648. The molecule has 0 bridgehead atoms. The van der Waals surface area contributed by atoms with Crippen LogP contribution in [0.3, 0.4) is 0 Å². The third kappa shape index (κ3) is 2.28. The number of halogens is 1. The van der Waals surface area contributed by atoms with Crippen molar-refractivity contribution in [3.63, 3.8) is 0 Å².